The fourth-order valence-corrected chi connectivity index (χ4v) is 1.46. The van der Waals surface area contributed by atoms with Crippen LogP contribution >= 0.6 is 11.6 Å². The van der Waals surface area contributed by atoms with E-state index >= 15 is 0 Å². The lowest BCUT2D eigenvalue weighted by molar-refractivity contribution is -0.127. The molecule has 1 rings (SSSR count). The Morgan fingerprint density at radius 3 is 2.94 bits per heavy atom. The first-order chi connectivity index (χ1) is 8.54. The molecule has 2 N–H and O–H groups in total. The fraction of sp³-hybridized carbons (Fsp3) is 0.417. The maximum atomic E-state index is 12.8. The molecule has 100 valence electrons. The standard InChI is InChI=1S/C12H15ClFNO3/c1-8(12(17)15-5-2-6-16)18-11-4-3-9(14)7-10(11)13/h3-4,7-8,16H,2,5-6H2,1H3,(H,15,17). The minimum atomic E-state index is -0.744. The number of nitrogens with one attached hydrogen (secondary N) is 1. The Balaban J connectivity index is 2.53. The van der Waals surface area contributed by atoms with Crippen LogP contribution in [0, 0.1) is 5.82 Å². The van der Waals surface area contributed by atoms with Crippen LogP contribution in [0.15, 0.2) is 18.2 Å². The van der Waals surface area contributed by atoms with Crippen LogP contribution in [0.2, 0.25) is 5.02 Å². The topological polar surface area (TPSA) is 58.6 Å². The van der Waals surface area contributed by atoms with E-state index in [4.69, 9.17) is 21.4 Å². The van der Waals surface area contributed by atoms with Gasteiger partial charge in [-0.25, -0.2) is 4.39 Å². The average Bonchev–Trinajstić information content (AvgIpc) is 2.32. The summed E-state index contributed by atoms with van der Waals surface area (Å²) in [4.78, 5) is 11.6. The van der Waals surface area contributed by atoms with Gasteiger partial charge in [-0.1, -0.05) is 11.6 Å². The van der Waals surface area contributed by atoms with Gasteiger partial charge in [0.15, 0.2) is 6.10 Å². The van der Waals surface area contributed by atoms with Crippen molar-refractivity contribution in [3.05, 3.63) is 29.0 Å². The molecule has 0 saturated carbocycles. The van der Waals surface area contributed by atoms with Gasteiger partial charge in [0.25, 0.3) is 5.91 Å². The lowest BCUT2D eigenvalue weighted by atomic mass is 10.3. The Morgan fingerprint density at radius 2 is 2.33 bits per heavy atom. The Hall–Kier alpha value is -1.33. The van der Waals surface area contributed by atoms with Crippen molar-refractivity contribution in [1.82, 2.24) is 5.32 Å². The highest BCUT2D eigenvalue weighted by Gasteiger charge is 2.15. The van der Waals surface area contributed by atoms with Gasteiger partial charge in [-0.2, -0.15) is 0 Å². The van der Waals surface area contributed by atoms with Crippen molar-refractivity contribution in [2.75, 3.05) is 13.2 Å². The largest absolute Gasteiger partial charge is 0.479 e. The maximum Gasteiger partial charge on any atom is 0.260 e. The third-order valence-corrected chi connectivity index (χ3v) is 2.50. The van der Waals surface area contributed by atoms with Gasteiger partial charge in [-0.05, 0) is 31.5 Å². The molecule has 0 heterocycles. The first-order valence-electron chi connectivity index (χ1n) is 5.55. The lowest BCUT2D eigenvalue weighted by Crippen LogP contribution is -2.37. The van der Waals surface area contributed by atoms with Crippen LogP contribution in [0.25, 0.3) is 0 Å². The molecule has 1 unspecified atom stereocenters. The van der Waals surface area contributed by atoms with Gasteiger partial charge >= 0.3 is 0 Å². The molecule has 0 saturated heterocycles. The zero-order valence-electron chi connectivity index (χ0n) is 9.95. The molecule has 1 amide bonds. The molecule has 0 bridgehead atoms. The summed E-state index contributed by atoms with van der Waals surface area (Å²) >= 11 is 5.78. The third-order valence-electron chi connectivity index (χ3n) is 2.20. The molecule has 0 aliphatic heterocycles. The minimum absolute atomic E-state index is 0.0132. The molecule has 4 nitrogen and oxygen atoms in total. The second kappa shape index (κ2) is 7.18. The highest BCUT2D eigenvalue weighted by Crippen LogP contribution is 2.25. The van der Waals surface area contributed by atoms with Crippen LogP contribution in [0.4, 0.5) is 4.39 Å². The second-order valence-electron chi connectivity index (χ2n) is 3.70. The summed E-state index contributed by atoms with van der Waals surface area (Å²) in [6.45, 7) is 1.95. The Morgan fingerprint density at radius 1 is 1.61 bits per heavy atom. The molecule has 0 aromatic heterocycles. The molecule has 1 atom stereocenters. The Kier molecular flexibility index (Phi) is 5.88. The first kappa shape index (κ1) is 14.7. The summed E-state index contributed by atoms with van der Waals surface area (Å²) in [5, 5.41) is 11.3. The van der Waals surface area contributed by atoms with Crippen molar-refractivity contribution < 1.29 is 19.0 Å². The number of halogens is 2. The van der Waals surface area contributed by atoms with Crippen LogP contribution in [0.1, 0.15) is 13.3 Å². The summed E-state index contributed by atoms with van der Waals surface area (Å²) in [5.41, 5.74) is 0. The predicted octanol–water partition coefficient (Wildman–Crippen LogP) is 1.74. The number of hydrogen-bond acceptors (Lipinski definition) is 3. The van der Waals surface area contributed by atoms with E-state index in [1.165, 1.54) is 12.1 Å². The number of rotatable bonds is 6. The molecule has 0 aliphatic carbocycles. The zero-order chi connectivity index (χ0) is 13.5. The maximum absolute atomic E-state index is 12.8. The molecule has 1 aromatic carbocycles. The van der Waals surface area contributed by atoms with Crippen LogP contribution in [0.3, 0.4) is 0 Å². The summed E-state index contributed by atoms with van der Waals surface area (Å²) in [7, 11) is 0. The molecule has 0 aliphatic rings. The van der Waals surface area contributed by atoms with E-state index < -0.39 is 11.9 Å². The summed E-state index contributed by atoms with van der Waals surface area (Å²) < 4.78 is 18.1. The number of carbonyl (C=O) groups is 1. The van der Waals surface area contributed by atoms with Crippen molar-refractivity contribution in [3.63, 3.8) is 0 Å². The normalized spacial score (nSPS) is 12.0. The van der Waals surface area contributed by atoms with Gasteiger partial charge in [0, 0.05) is 13.2 Å². The van der Waals surface area contributed by atoms with Crippen molar-refractivity contribution >= 4 is 17.5 Å². The van der Waals surface area contributed by atoms with Gasteiger partial charge in [0.1, 0.15) is 11.6 Å². The molecule has 6 heteroatoms. The van der Waals surface area contributed by atoms with Crippen molar-refractivity contribution in [2.45, 2.75) is 19.4 Å². The van der Waals surface area contributed by atoms with Crippen LogP contribution < -0.4 is 10.1 Å². The summed E-state index contributed by atoms with van der Waals surface area (Å²) in [5.74, 6) is -0.529. The molecule has 0 spiro atoms. The SMILES string of the molecule is CC(Oc1ccc(F)cc1Cl)C(=O)NCCCO. The number of benzene rings is 1. The molecule has 18 heavy (non-hydrogen) atoms. The van der Waals surface area contributed by atoms with Crippen LogP contribution in [-0.4, -0.2) is 30.3 Å². The van der Waals surface area contributed by atoms with Gasteiger partial charge in [-0.3, -0.25) is 4.79 Å². The van der Waals surface area contributed by atoms with Crippen molar-refractivity contribution in [1.29, 1.82) is 0 Å². The van der Waals surface area contributed by atoms with Crippen LogP contribution in [-0.2, 0) is 4.79 Å². The quantitative estimate of drug-likeness (QED) is 0.778. The molecule has 0 fully saturated rings. The van der Waals surface area contributed by atoms with Crippen molar-refractivity contribution in [2.24, 2.45) is 0 Å². The number of aliphatic hydroxyl groups is 1. The highest BCUT2D eigenvalue weighted by molar-refractivity contribution is 6.32. The number of carbonyl (C=O) groups excluding carboxylic acids is 1. The number of amides is 1. The minimum Gasteiger partial charge on any atom is -0.479 e. The summed E-state index contributed by atoms with van der Waals surface area (Å²) in [6, 6.07) is 3.69. The molecule has 0 radical (unpaired) electrons. The molecule has 1 aromatic rings. The Bertz CT molecular complexity index is 414. The van der Waals surface area contributed by atoms with E-state index in [0.29, 0.717) is 13.0 Å². The number of hydrogen-bond donors (Lipinski definition) is 2. The first-order valence-corrected chi connectivity index (χ1v) is 5.92. The van der Waals surface area contributed by atoms with E-state index in [-0.39, 0.29) is 23.3 Å². The smallest absolute Gasteiger partial charge is 0.260 e. The van der Waals surface area contributed by atoms with Crippen LogP contribution in [0.5, 0.6) is 5.75 Å². The third kappa shape index (κ3) is 4.50. The van der Waals surface area contributed by atoms with Gasteiger partial charge in [-0.15, -0.1) is 0 Å². The Labute approximate surface area is 110 Å². The van der Waals surface area contributed by atoms with E-state index in [9.17, 15) is 9.18 Å². The number of aliphatic hydroxyl groups excluding tert-OH is 1. The van der Waals surface area contributed by atoms with E-state index in [0.717, 1.165) is 6.07 Å². The van der Waals surface area contributed by atoms with Gasteiger partial charge < -0.3 is 15.2 Å². The molecular weight excluding hydrogens is 261 g/mol. The number of ether oxygens (including phenoxy) is 1. The van der Waals surface area contributed by atoms with Gasteiger partial charge in [0.2, 0.25) is 0 Å². The summed E-state index contributed by atoms with van der Waals surface area (Å²) in [6.07, 6.45) is -0.262. The fourth-order valence-electron chi connectivity index (χ4n) is 1.25. The lowest BCUT2D eigenvalue weighted by Gasteiger charge is -2.15. The second-order valence-corrected chi connectivity index (χ2v) is 4.11. The van der Waals surface area contributed by atoms with Crippen molar-refractivity contribution in [3.8, 4) is 5.75 Å². The van der Waals surface area contributed by atoms with E-state index in [1.807, 2.05) is 0 Å². The predicted molar refractivity (Wildman–Crippen MR) is 66.2 cm³/mol. The monoisotopic (exact) mass is 275 g/mol. The molecular formula is C12H15ClFNO3. The highest BCUT2D eigenvalue weighted by atomic mass is 35.5. The average molecular weight is 276 g/mol. The van der Waals surface area contributed by atoms with E-state index in [2.05, 4.69) is 5.32 Å². The van der Waals surface area contributed by atoms with E-state index in [1.54, 1.807) is 6.92 Å². The van der Waals surface area contributed by atoms with Gasteiger partial charge in [0.05, 0.1) is 5.02 Å². The zero-order valence-corrected chi connectivity index (χ0v) is 10.7.